The summed E-state index contributed by atoms with van der Waals surface area (Å²) in [5, 5.41) is 4.66. The number of hydrogen-bond donors (Lipinski definition) is 1. The summed E-state index contributed by atoms with van der Waals surface area (Å²) in [5.74, 6) is 0. The molecule has 0 saturated carbocycles. The number of fused-ring (bicyclic) bond motifs is 1. The van der Waals surface area contributed by atoms with Crippen LogP contribution in [0.4, 0.5) is 0 Å². The van der Waals surface area contributed by atoms with Crippen LogP contribution >= 0.6 is 0 Å². The van der Waals surface area contributed by atoms with E-state index >= 15 is 0 Å². The predicted octanol–water partition coefficient (Wildman–Crippen LogP) is 3.20. The van der Waals surface area contributed by atoms with Gasteiger partial charge in [0.25, 0.3) is 0 Å². The summed E-state index contributed by atoms with van der Waals surface area (Å²) in [7, 11) is 0. The zero-order chi connectivity index (χ0) is 14.2. The second-order valence-corrected chi connectivity index (χ2v) is 6.22. The van der Waals surface area contributed by atoms with E-state index in [4.69, 9.17) is 5.73 Å². The van der Waals surface area contributed by atoms with Crippen molar-refractivity contribution in [2.75, 3.05) is 0 Å². The third-order valence-corrected chi connectivity index (χ3v) is 4.31. The molecule has 106 valence electrons. The second-order valence-electron chi connectivity index (χ2n) is 6.22. The minimum absolute atomic E-state index is 0.259. The van der Waals surface area contributed by atoms with Crippen LogP contribution in [-0.4, -0.2) is 9.78 Å². The van der Waals surface area contributed by atoms with E-state index in [1.165, 1.54) is 17.5 Å². The highest BCUT2D eigenvalue weighted by atomic mass is 15.3. The Labute approximate surface area is 120 Å². The standard InChI is InChI=1S/C17H23N3/c1-13(2)20-11-9-15(19-20)12-17(18)10-5-7-14-6-3-4-8-16(14)17/h3-4,6,8-9,11,13H,5,7,10,12,18H2,1-2H3. The van der Waals surface area contributed by atoms with Crippen molar-refractivity contribution in [2.45, 2.75) is 51.1 Å². The number of aryl methyl sites for hydroxylation is 1. The van der Waals surface area contributed by atoms with Crippen LogP contribution in [0, 0.1) is 0 Å². The topological polar surface area (TPSA) is 43.8 Å². The van der Waals surface area contributed by atoms with Gasteiger partial charge in [0.05, 0.1) is 5.69 Å². The molecule has 1 heterocycles. The van der Waals surface area contributed by atoms with E-state index in [9.17, 15) is 0 Å². The van der Waals surface area contributed by atoms with E-state index in [0.29, 0.717) is 6.04 Å². The molecule has 0 saturated heterocycles. The molecular formula is C17H23N3. The van der Waals surface area contributed by atoms with Crippen LogP contribution in [0.1, 0.15) is 49.6 Å². The van der Waals surface area contributed by atoms with Crippen molar-refractivity contribution in [3.63, 3.8) is 0 Å². The quantitative estimate of drug-likeness (QED) is 0.930. The van der Waals surface area contributed by atoms with E-state index < -0.39 is 0 Å². The van der Waals surface area contributed by atoms with E-state index in [2.05, 4.69) is 55.5 Å². The molecule has 0 bridgehead atoms. The van der Waals surface area contributed by atoms with Crippen LogP contribution in [0.5, 0.6) is 0 Å². The Kier molecular flexibility index (Phi) is 3.38. The number of rotatable bonds is 3. The Morgan fingerprint density at radius 1 is 1.30 bits per heavy atom. The van der Waals surface area contributed by atoms with Crippen LogP contribution in [0.2, 0.25) is 0 Å². The monoisotopic (exact) mass is 269 g/mol. The summed E-state index contributed by atoms with van der Waals surface area (Å²) in [4.78, 5) is 0. The fourth-order valence-corrected chi connectivity index (χ4v) is 3.22. The summed E-state index contributed by atoms with van der Waals surface area (Å²) in [6.45, 7) is 4.29. The van der Waals surface area contributed by atoms with Gasteiger partial charge in [0.1, 0.15) is 0 Å². The average molecular weight is 269 g/mol. The lowest BCUT2D eigenvalue weighted by Crippen LogP contribution is -2.42. The van der Waals surface area contributed by atoms with Gasteiger partial charge in [-0.3, -0.25) is 4.68 Å². The summed E-state index contributed by atoms with van der Waals surface area (Å²) in [5.41, 5.74) is 10.3. The molecule has 0 aliphatic heterocycles. The highest BCUT2D eigenvalue weighted by molar-refractivity contribution is 5.36. The summed E-state index contributed by atoms with van der Waals surface area (Å²) in [6.07, 6.45) is 6.23. The van der Waals surface area contributed by atoms with Gasteiger partial charge in [0.15, 0.2) is 0 Å². The molecule has 2 aromatic rings. The highest BCUT2D eigenvalue weighted by Gasteiger charge is 2.33. The smallest absolute Gasteiger partial charge is 0.0646 e. The first-order chi connectivity index (χ1) is 9.58. The van der Waals surface area contributed by atoms with Gasteiger partial charge in [0.2, 0.25) is 0 Å². The summed E-state index contributed by atoms with van der Waals surface area (Å²) >= 11 is 0. The summed E-state index contributed by atoms with van der Waals surface area (Å²) in [6, 6.07) is 11.1. The molecule has 1 unspecified atom stereocenters. The van der Waals surface area contributed by atoms with Crippen molar-refractivity contribution >= 4 is 0 Å². The number of aromatic nitrogens is 2. The van der Waals surface area contributed by atoms with E-state index in [1.54, 1.807) is 0 Å². The third-order valence-electron chi connectivity index (χ3n) is 4.31. The Bertz CT molecular complexity index is 600. The van der Waals surface area contributed by atoms with Gasteiger partial charge in [-0.15, -0.1) is 0 Å². The molecule has 0 spiro atoms. The van der Waals surface area contributed by atoms with Crippen molar-refractivity contribution in [1.29, 1.82) is 0 Å². The molecule has 1 aromatic heterocycles. The Balaban J connectivity index is 1.89. The fraction of sp³-hybridized carbons (Fsp3) is 0.471. The molecule has 3 rings (SSSR count). The summed E-state index contributed by atoms with van der Waals surface area (Å²) < 4.78 is 2.01. The number of hydrogen-bond acceptors (Lipinski definition) is 2. The molecule has 3 nitrogen and oxygen atoms in total. The molecule has 0 amide bonds. The van der Waals surface area contributed by atoms with Gasteiger partial charge < -0.3 is 5.73 Å². The van der Waals surface area contributed by atoms with Crippen molar-refractivity contribution in [1.82, 2.24) is 9.78 Å². The third kappa shape index (κ3) is 2.38. The number of nitrogens with two attached hydrogens (primary N) is 1. The SMILES string of the molecule is CC(C)n1ccc(CC2(N)CCCc3ccccc32)n1. The second kappa shape index (κ2) is 5.06. The van der Waals surface area contributed by atoms with Gasteiger partial charge >= 0.3 is 0 Å². The Morgan fingerprint density at radius 3 is 2.85 bits per heavy atom. The minimum Gasteiger partial charge on any atom is -0.321 e. The highest BCUT2D eigenvalue weighted by Crippen LogP contribution is 2.35. The predicted molar refractivity (Wildman–Crippen MR) is 81.6 cm³/mol. The van der Waals surface area contributed by atoms with Gasteiger partial charge in [-0.05, 0) is 50.3 Å². The molecule has 2 N–H and O–H groups in total. The lowest BCUT2D eigenvalue weighted by Gasteiger charge is -2.35. The molecule has 0 fully saturated rings. The van der Waals surface area contributed by atoms with Crippen LogP contribution in [0.15, 0.2) is 36.5 Å². The Hall–Kier alpha value is -1.61. The maximum atomic E-state index is 6.74. The first-order valence-corrected chi connectivity index (χ1v) is 7.50. The van der Waals surface area contributed by atoms with Crippen LogP contribution in [-0.2, 0) is 18.4 Å². The van der Waals surface area contributed by atoms with Crippen LogP contribution < -0.4 is 5.73 Å². The van der Waals surface area contributed by atoms with Gasteiger partial charge in [0, 0.05) is 24.2 Å². The van der Waals surface area contributed by atoms with Crippen molar-refractivity contribution in [2.24, 2.45) is 5.73 Å². The zero-order valence-electron chi connectivity index (χ0n) is 12.3. The Morgan fingerprint density at radius 2 is 2.10 bits per heavy atom. The molecule has 20 heavy (non-hydrogen) atoms. The van der Waals surface area contributed by atoms with Crippen molar-refractivity contribution in [3.8, 4) is 0 Å². The maximum absolute atomic E-state index is 6.74. The van der Waals surface area contributed by atoms with Gasteiger partial charge in [-0.2, -0.15) is 5.10 Å². The average Bonchev–Trinajstić information content (AvgIpc) is 2.88. The van der Waals surface area contributed by atoms with E-state index in [0.717, 1.165) is 25.0 Å². The first kappa shape index (κ1) is 13.4. The fourth-order valence-electron chi connectivity index (χ4n) is 3.22. The molecule has 1 atom stereocenters. The van der Waals surface area contributed by atoms with Gasteiger partial charge in [-0.1, -0.05) is 24.3 Å². The van der Waals surface area contributed by atoms with Gasteiger partial charge in [-0.25, -0.2) is 0 Å². The maximum Gasteiger partial charge on any atom is 0.0646 e. The number of nitrogens with zero attached hydrogens (tertiary/aromatic N) is 2. The largest absolute Gasteiger partial charge is 0.321 e. The van der Waals surface area contributed by atoms with Crippen LogP contribution in [0.3, 0.4) is 0 Å². The zero-order valence-corrected chi connectivity index (χ0v) is 12.3. The molecule has 0 radical (unpaired) electrons. The normalized spacial score (nSPS) is 22.0. The molecule has 3 heteroatoms. The first-order valence-electron chi connectivity index (χ1n) is 7.50. The minimum atomic E-state index is -0.259. The van der Waals surface area contributed by atoms with Crippen LogP contribution in [0.25, 0.3) is 0 Å². The van der Waals surface area contributed by atoms with E-state index in [-0.39, 0.29) is 5.54 Å². The molecule has 1 aromatic carbocycles. The molecule has 1 aliphatic rings. The lowest BCUT2D eigenvalue weighted by molar-refractivity contribution is 0.363. The van der Waals surface area contributed by atoms with Crippen molar-refractivity contribution < 1.29 is 0 Å². The lowest BCUT2D eigenvalue weighted by atomic mass is 9.75. The van der Waals surface area contributed by atoms with E-state index in [1.807, 2.05) is 4.68 Å². The number of benzene rings is 1. The molecular weight excluding hydrogens is 246 g/mol. The van der Waals surface area contributed by atoms with Crippen molar-refractivity contribution in [3.05, 3.63) is 53.3 Å². The molecule has 1 aliphatic carbocycles.